The summed E-state index contributed by atoms with van der Waals surface area (Å²) in [7, 11) is 0. The fourth-order valence-electron chi connectivity index (χ4n) is 7.66. The molecule has 0 spiro atoms. The fraction of sp³-hybridized carbons (Fsp3) is 0. The quantitative estimate of drug-likeness (QED) is 0.180. The van der Waals surface area contributed by atoms with Gasteiger partial charge in [-0.2, -0.15) is 0 Å². The van der Waals surface area contributed by atoms with Crippen LogP contribution in [0.2, 0.25) is 0 Å². The van der Waals surface area contributed by atoms with Gasteiger partial charge in [-0.3, -0.25) is 9.97 Å². The fourth-order valence-corrected chi connectivity index (χ4v) is 7.66. The number of nitrogens with zero attached hydrogens (tertiary/aromatic N) is 4. The van der Waals surface area contributed by atoms with E-state index in [2.05, 4.69) is 84.9 Å². The molecule has 6 nitrogen and oxygen atoms in total. The lowest BCUT2D eigenvalue weighted by atomic mass is 9.86. The van der Waals surface area contributed by atoms with Crippen molar-refractivity contribution in [1.82, 2.24) is 19.9 Å². The predicted molar refractivity (Wildman–Crippen MR) is 193 cm³/mol. The highest BCUT2D eigenvalue weighted by atomic mass is 16.3. The Balaban J connectivity index is 1.27. The van der Waals surface area contributed by atoms with Crippen molar-refractivity contribution in [2.45, 2.75) is 0 Å². The van der Waals surface area contributed by atoms with Gasteiger partial charge in [0.2, 0.25) is 11.4 Å². The Morgan fingerprint density at radius 1 is 0.375 bits per heavy atom. The van der Waals surface area contributed by atoms with Crippen LogP contribution in [0, 0.1) is 0 Å². The summed E-state index contributed by atoms with van der Waals surface area (Å²) >= 11 is 0. The molecule has 6 aromatic heterocycles. The monoisotopic (exact) mass is 614 g/mol. The van der Waals surface area contributed by atoms with Crippen molar-refractivity contribution >= 4 is 87.5 Å². The predicted octanol–water partition coefficient (Wildman–Crippen LogP) is 11.0. The van der Waals surface area contributed by atoms with Crippen molar-refractivity contribution in [3.63, 3.8) is 0 Å². The molecule has 0 fully saturated rings. The van der Waals surface area contributed by atoms with Crippen LogP contribution in [0.5, 0.6) is 0 Å². The highest BCUT2D eigenvalue weighted by molar-refractivity contribution is 6.27. The summed E-state index contributed by atoms with van der Waals surface area (Å²) in [6, 6.07) is 37.7. The second-order valence-corrected chi connectivity index (χ2v) is 12.2. The van der Waals surface area contributed by atoms with Gasteiger partial charge < -0.3 is 8.83 Å². The molecule has 0 aliphatic carbocycles. The van der Waals surface area contributed by atoms with Crippen LogP contribution in [0.3, 0.4) is 0 Å². The van der Waals surface area contributed by atoms with E-state index in [1.807, 2.05) is 49.1 Å². The maximum Gasteiger partial charge on any atom is 0.229 e. The molecular formula is C42H22N4O2. The topological polar surface area (TPSA) is 77.8 Å². The third kappa shape index (κ3) is 3.35. The van der Waals surface area contributed by atoms with Crippen LogP contribution in [0.15, 0.2) is 143 Å². The second kappa shape index (κ2) is 9.44. The number of fused-ring (bicyclic) bond motifs is 12. The summed E-state index contributed by atoms with van der Waals surface area (Å²) < 4.78 is 13.2. The molecule has 5 aromatic carbocycles. The van der Waals surface area contributed by atoms with Gasteiger partial charge in [-0.1, -0.05) is 97.1 Å². The van der Waals surface area contributed by atoms with E-state index < -0.39 is 0 Å². The van der Waals surface area contributed by atoms with Gasteiger partial charge in [-0.05, 0) is 44.5 Å². The van der Waals surface area contributed by atoms with Gasteiger partial charge in [-0.25, -0.2) is 9.97 Å². The molecule has 6 heteroatoms. The number of rotatable bonds is 2. The SMILES string of the molecule is c1ccc2c(c1)cnc1oc3c(-c4c5ccccc5c(-c5ccnc6c5oc5ncc7ccccc7c56)c5ccccc45)ccnc3c12. The summed E-state index contributed by atoms with van der Waals surface area (Å²) in [5, 5.41) is 10.5. The molecule has 0 N–H and O–H groups in total. The smallest absolute Gasteiger partial charge is 0.229 e. The number of hydrogen-bond donors (Lipinski definition) is 0. The van der Waals surface area contributed by atoms with Gasteiger partial charge in [0.1, 0.15) is 11.0 Å². The Morgan fingerprint density at radius 2 is 0.750 bits per heavy atom. The van der Waals surface area contributed by atoms with Crippen LogP contribution >= 0.6 is 0 Å². The van der Waals surface area contributed by atoms with Gasteiger partial charge in [0, 0.05) is 57.8 Å². The van der Waals surface area contributed by atoms with Gasteiger partial charge in [0.25, 0.3) is 0 Å². The number of aromatic nitrogens is 4. The van der Waals surface area contributed by atoms with Crippen LogP contribution in [0.25, 0.3) is 110 Å². The summed E-state index contributed by atoms with van der Waals surface area (Å²) in [5.41, 5.74) is 8.34. The Hall–Kier alpha value is -6.66. The highest BCUT2D eigenvalue weighted by Gasteiger charge is 2.24. The largest absolute Gasteiger partial charge is 0.435 e. The van der Waals surface area contributed by atoms with Crippen molar-refractivity contribution in [1.29, 1.82) is 0 Å². The number of benzene rings is 5. The molecule has 0 amide bonds. The molecule has 0 aliphatic rings. The van der Waals surface area contributed by atoms with Crippen molar-refractivity contribution < 1.29 is 8.83 Å². The molecule has 11 aromatic rings. The first-order chi connectivity index (χ1) is 23.8. The first-order valence-corrected chi connectivity index (χ1v) is 15.9. The van der Waals surface area contributed by atoms with Gasteiger partial charge >= 0.3 is 0 Å². The van der Waals surface area contributed by atoms with Crippen LogP contribution in [0.1, 0.15) is 0 Å². The Morgan fingerprint density at radius 3 is 1.17 bits per heavy atom. The average Bonchev–Trinajstić information content (AvgIpc) is 3.73. The number of hydrogen-bond acceptors (Lipinski definition) is 6. The van der Waals surface area contributed by atoms with Gasteiger partial charge in [0.15, 0.2) is 11.2 Å². The minimum atomic E-state index is 0.582. The summed E-state index contributed by atoms with van der Waals surface area (Å²) in [6.07, 6.45) is 7.49. The minimum Gasteiger partial charge on any atom is -0.435 e. The van der Waals surface area contributed by atoms with Crippen molar-refractivity contribution in [3.8, 4) is 22.3 Å². The van der Waals surface area contributed by atoms with Crippen LogP contribution < -0.4 is 0 Å². The van der Waals surface area contributed by atoms with Crippen LogP contribution in [-0.4, -0.2) is 19.9 Å². The van der Waals surface area contributed by atoms with E-state index in [1.165, 1.54) is 0 Å². The van der Waals surface area contributed by atoms with E-state index in [0.29, 0.717) is 11.4 Å². The first-order valence-electron chi connectivity index (χ1n) is 15.9. The zero-order valence-electron chi connectivity index (χ0n) is 25.3. The average molecular weight is 615 g/mol. The molecule has 48 heavy (non-hydrogen) atoms. The molecule has 0 aliphatic heterocycles. The van der Waals surface area contributed by atoms with Crippen LogP contribution in [-0.2, 0) is 0 Å². The van der Waals surface area contributed by atoms with Crippen molar-refractivity contribution in [2.24, 2.45) is 0 Å². The molecule has 0 radical (unpaired) electrons. The Labute approximate surface area is 271 Å². The van der Waals surface area contributed by atoms with E-state index in [1.54, 1.807) is 0 Å². The lowest BCUT2D eigenvalue weighted by Gasteiger charge is -2.17. The maximum absolute atomic E-state index is 6.58. The van der Waals surface area contributed by atoms with Crippen LogP contribution in [0.4, 0.5) is 0 Å². The molecule has 11 rings (SSSR count). The molecule has 222 valence electrons. The molecule has 0 bridgehead atoms. The van der Waals surface area contributed by atoms with Gasteiger partial charge in [-0.15, -0.1) is 0 Å². The zero-order valence-corrected chi connectivity index (χ0v) is 25.3. The lowest BCUT2D eigenvalue weighted by molar-refractivity contribution is 0.654. The third-order valence-electron chi connectivity index (χ3n) is 9.68. The van der Waals surface area contributed by atoms with E-state index in [4.69, 9.17) is 28.8 Å². The Bertz CT molecular complexity index is 2870. The maximum atomic E-state index is 6.58. The molecular weight excluding hydrogens is 592 g/mol. The van der Waals surface area contributed by atoms with Gasteiger partial charge in [0.05, 0.1) is 10.8 Å². The first kappa shape index (κ1) is 25.5. The molecule has 0 saturated carbocycles. The molecule has 6 heterocycles. The van der Waals surface area contributed by atoms with E-state index >= 15 is 0 Å². The second-order valence-electron chi connectivity index (χ2n) is 12.2. The minimum absolute atomic E-state index is 0.582. The van der Waals surface area contributed by atoms with Crippen molar-refractivity contribution in [2.75, 3.05) is 0 Å². The summed E-state index contributed by atoms with van der Waals surface area (Å²) in [4.78, 5) is 19.1. The summed E-state index contributed by atoms with van der Waals surface area (Å²) in [6.45, 7) is 0. The van der Waals surface area contributed by atoms with E-state index in [-0.39, 0.29) is 0 Å². The van der Waals surface area contributed by atoms with E-state index in [9.17, 15) is 0 Å². The third-order valence-corrected chi connectivity index (χ3v) is 9.68. The normalized spacial score (nSPS) is 12.2. The Kier molecular flexibility index (Phi) is 5.02. The van der Waals surface area contributed by atoms with Crippen molar-refractivity contribution in [3.05, 3.63) is 134 Å². The summed E-state index contributed by atoms with van der Waals surface area (Å²) in [5.74, 6) is 0. The zero-order chi connectivity index (χ0) is 31.3. The molecule has 0 unspecified atom stereocenters. The number of furan rings is 2. The molecule has 0 atom stereocenters. The standard InChI is InChI=1S/C42H22N4O2/c1-3-11-25-23(9-1)21-45-41-35(25)37-39(47-41)31(17-19-43-37)33-27-13-5-7-15-29(27)34(30-16-8-6-14-28(30)33)32-18-20-44-38-36-26-12-4-2-10-24(26)22-46-42(36)48-40(32)38/h1-22H. The van der Waals surface area contributed by atoms with E-state index in [0.717, 1.165) is 98.3 Å². The molecule has 0 saturated heterocycles. The highest BCUT2D eigenvalue weighted by Crippen LogP contribution is 2.48. The lowest BCUT2D eigenvalue weighted by Crippen LogP contribution is -1.92. The number of pyridine rings is 4.